The summed E-state index contributed by atoms with van der Waals surface area (Å²) in [6.45, 7) is 4.56. The molecule has 4 aromatic rings. The Morgan fingerprint density at radius 2 is 2.03 bits per heavy atom. The summed E-state index contributed by atoms with van der Waals surface area (Å²) in [4.78, 5) is 39.9. The van der Waals surface area contributed by atoms with Crippen LogP contribution in [0.2, 0.25) is 0 Å². The highest BCUT2D eigenvalue weighted by molar-refractivity contribution is 7.18. The number of likely N-dealkylation sites (tertiary alicyclic amines) is 2. The Morgan fingerprint density at radius 3 is 2.87 bits per heavy atom. The molecule has 0 bridgehead atoms. The fourth-order valence-corrected chi connectivity index (χ4v) is 7.05. The van der Waals surface area contributed by atoms with Gasteiger partial charge in [0.2, 0.25) is 0 Å². The number of benzene rings is 1. The van der Waals surface area contributed by atoms with Crippen LogP contribution >= 0.6 is 11.3 Å². The fourth-order valence-electron chi connectivity index (χ4n) is 5.91. The van der Waals surface area contributed by atoms with Gasteiger partial charge in [0.1, 0.15) is 0 Å². The molecule has 0 radical (unpaired) electrons. The molecule has 204 valence electrons. The van der Waals surface area contributed by atoms with Gasteiger partial charge in [-0.3, -0.25) is 19.7 Å². The van der Waals surface area contributed by atoms with Crippen molar-refractivity contribution in [3.05, 3.63) is 47.4 Å². The second kappa shape index (κ2) is 10.6. The largest absolute Gasteiger partial charge is 0.379 e. The summed E-state index contributed by atoms with van der Waals surface area (Å²) < 4.78 is 6.94. The maximum Gasteiger partial charge on any atom is 0.314 e. The Hall–Kier alpha value is -3.41. The van der Waals surface area contributed by atoms with Crippen LogP contribution < -0.4 is 5.32 Å². The van der Waals surface area contributed by atoms with Crippen LogP contribution in [0.15, 0.2) is 36.8 Å². The van der Waals surface area contributed by atoms with Crippen molar-refractivity contribution in [2.75, 3.05) is 39.1 Å². The van der Waals surface area contributed by atoms with Gasteiger partial charge in [-0.2, -0.15) is 5.10 Å². The minimum atomic E-state index is -0.678. The molecular weight excluding hydrogens is 514 g/mol. The molecule has 2 saturated heterocycles. The Bertz CT molecular complexity index is 1520. The van der Waals surface area contributed by atoms with Crippen molar-refractivity contribution in [1.29, 1.82) is 0 Å². The summed E-state index contributed by atoms with van der Waals surface area (Å²) in [5, 5.41) is 11.5. The van der Waals surface area contributed by atoms with Gasteiger partial charge in [-0.25, -0.2) is 4.98 Å². The number of H-pyrrole nitrogens is 1. The number of methoxy groups -OCH3 is 1. The predicted molar refractivity (Wildman–Crippen MR) is 151 cm³/mol. The van der Waals surface area contributed by atoms with Crippen molar-refractivity contribution >= 4 is 50.0 Å². The zero-order valence-electron chi connectivity index (χ0n) is 22.4. The van der Waals surface area contributed by atoms with Crippen LogP contribution in [-0.2, 0) is 14.3 Å². The predicted octanol–water partition coefficient (Wildman–Crippen LogP) is 3.94. The van der Waals surface area contributed by atoms with Crippen molar-refractivity contribution in [2.45, 2.75) is 44.2 Å². The van der Waals surface area contributed by atoms with Gasteiger partial charge in [0.15, 0.2) is 0 Å². The number of fused-ring (bicyclic) bond motifs is 2. The quantitative estimate of drug-likeness (QED) is 0.372. The Kier molecular flexibility index (Phi) is 7.05. The first-order chi connectivity index (χ1) is 18.9. The number of piperidine rings is 2. The van der Waals surface area contributed by atoms with Crippen LogP contribution in [0.4, 0.5) is 5.69 Å². The van der Waals surface area contributed by atoms with Crippen LogP contribution in [0.3, 0.4) is 0 Å². The van der Waals surface area contributed by atoms with Crippen molar-refractivity contribution < 1.29 is 14.3 Å². The number of hydrogen-bond acceptors (Lipinski definition) is 8. The summed E-state index contributed by atoms with van der Waals surface area (Å²) in [5.41, 5.74) is 3.02. The van der Waals surface area contributed by atoms with E-state index in [2.05, 4.69) is 57.6 Å². The lowest BCUT2D eigenvalue weighted by atomic mass is 9.89. The number of hydrogen-bond donors (Lipinski definition) is 2. The zero-order chi connectivity index (χ0) is 27.1. The van der Waals surface area contributed by atoms with Crippen LogP contribution in [0.25, 0.3) is 21.1 Å². The van der Waals surface area contributed by atoms with Crippen LogP contribution in [0, 0.1) is 5.92 Å². The number of carbonyl (C=O) groups is 2. The van der Waals surface area contributed by atoms with Gasteiger partial charge >= 0.3 is 11.8 Å². The Balaban J connectivity index is 1.25. The molecule has 0 aliphatic carbocycles. The second-order valence-corrected chi connectivity index (χ2v) is 11.9. The summed E-state index contributed by atoms with van der Waals surface area (Å²) in [6, 6.07) is 6.10. The van der Waals surface area contributed by atoms with Gasteiger partial charge in [0.25, 0.3) is 0 Å². The molecule has 0 saturated carbocycles. The smallest absolute Gasteiger partial charge is 0.314 e. The molecule has 2 aliphatic heterocycles. The number of carbonyl (C=O) groups excluding carboxylic acids is 2. The van der Waals surface area contributed by atoms with Gasteiger partial charge in [-0.15, -0.1) is 11.3 Å². The fraction of sp³-hybridized carbons (Fsp3) is 0.464. The number of thiazole rings is 1. The van der Waals surface area contributed by atoms with Gasteiger partial charge in [-0.05, 0) is 56.5 Å². The highest BCUT2D eigenvalue weighted by atomic mass is 32.1. The van der Waals surface area contributed by atoms with E-state index in [1.165, 1.54) is 6.20 Å². The van der Waals surface area contributed by atoms with Crippen LogP contribution in [0.5, 0.6) is 0 Å². The zero-order valence-corrected chi connectivity index (χ0v) is 23.2. The number of amides is 2. The third-order valence-corrected chi connectivity index (χ3v) is 9.24. The number of nitrogens with one attached hydrogen (secondary N) is 2. The number of likely N-dealkylation sites (N-methyl/N-ethyl adjacent to an activating group) is 1. The molecule has 3 aromatic heterocycles. The molecule has 4 atom stereocenters. The second-order valence-electron chi connectivity index (χ2n) is 10.8. The minimum Gasteiger partial charge on any atom is -0.379 e. The standard InChI is InChI=1S/C28H33N7O3S/c1-16-4-6-22(35(14-16)28(37)26(36)31-21-13-29-11-18-12-30-33-25(18)21)17-5-7-24-20(10-17)32-27(39-24)19-8-9-34(2)15-23(19)38-3/h5,7,10-13,16,19,22-23H,4,6,8-9,14-15H2,1-3H3,(H,30,33)(H,31,36)/t16-,19?,22+,23?/m0/s1. The number of ether oxygens (including phenoxy) is 1. The average Bonchev–Trinajstić information content (AvgIpc) is 3.59. The van der Waals surface area contributed by atoms with Crippen molar-refractivity contribution in [3.63, 3.8) is 0 Å². The normalized spacial score (nSPS) is 24.3. The first-order valence-electron chi connectivity index (χ1n) is 13.4. The van der Waals surface area contributed by atoms with Gasteiger partial charge in [0.05, 0.1) is 51.0 Å². The maximum atomic E-state index is 13.5. The van der Waals surface area contributed by atoms with Crippen molar-refractivity contribution in [2.24, 2.45) is 5.92 Å². The molecule has 2 aliphatic rings. The molecule has 39 heavy (non-hydrogen) atoms. The topological polar surface area (TPSA) is 116 Å². The number of nitrogens with zero attached hydrogens (tertiary/aromatic N) is 5. The number of rotatable bonds is 4. The van der Waals surface area contributed by atoms with E-state index in [1.54, 1.807) is 35.7 Å². The maximum absolute atomic E-state index is 13.5. The molecule has 6 rings (SSSR count). The highest BCUT2D eigenvalue weighted by Gasteiger charge is 2.35. The van der Waals surface area contributed by atoms with E-state index in [9.17, 15) is 9.59 Å². The van der Waals surface area contributed by atoms with Gasteiger partial charge in [-0.1, -0.05) is 13.0 Å². The van der Waals surface area contributed by atoms with Gasteiger partial charge < -0.3 is 19.9 Å². The van der Waals surface area contributed by atoms with E-state index in [0.29, 0.717) is 23.7 Å². The lowest BCUT2D eigenvalue weighted by Crippen LogP contribution is -2.46. The monoisotopic (exact) mass is 547 g/mol. The number of aromatic nitrogens is 4. The summed E-state index contributed by atoms with van der Waals surface area (Å²) in [5.74, 6) is -0.641. The molecule has 5 heterocycles. The Labute approximate surface area is 230 Å². The van der Waals surface area contributed by atoms with Crippen LogP contribution in [0.1, 0.15) is 48.7 Å². The van der Waals surface area contributed by atoms with E-state index in [0.717, 1.165) is 58.5 Å². The third kappa shape index (κ3) is 5.02. The first-order valence-corrected chi connectivity index (χ1v) is 14.2. The van der Waals surface area contributed by atoms with E-state index in [-0.39, 0.29) is 18.1 Å². The molecule has 2 amide bonds. The summed E-state index contributed by atoms with van der Waals surface area (Å²) >= 11 is 1.73. The molecular formula is C28H33N7O3S. The minimum absolute atomic E-state index is 0.123. The lowest BCUT2D eigenvalue weighted by molar-refractivity contribution is -0.146. The molecule has 10 nitrogen and oxygen atoms in total. The molecule has 11 heteroatoms. The van der Waals surface area contributed by atoms with Crippen molar-refractivity contribution in [3.8, 4) is 0 Å². The number of aromatic amines is 1. The van der Waals surface area contributed by atoms with E-state index < -0.39 is 11.8 Å². The van der Waals surface area contributed by atoms with Crippen molar-refractivity contribution in [1.82, 2.24) is 30.0 Å². The number of anilines is 1. The summed E-state index contributed by atoms with van der Waals surface area (Å²) in [7, 11) is 3.90. The van der Waals surface area contributed by atoms with Crippen LogP contribution in [-0.4, -0.2) is 81.7 Å². The number of pyridine rings is 1. The lowest BCUT2D eigenvalue weighted by Gasteiger charge is -2.38. The molecule has 2 unspecified atom stereocenters. The molecule has 1 aromatic carbocycles. The van der Waals surface area contributed by atoms with Gasteiger partial charge in [0, 0.05) is 37.7 Å². The molecule has 2 N–H and O–H groups in total. The first kappa shape index (κ1) is 25.8. The Morgan fingerprint density at radius 1 is 1.15 bits per heavy atom. The third-order valence-electron chi connectivity index (χ3n) is 8.07. The molecule has 2 fully saturated rings. The van der Waals surface area contributed by atoms with E-state index in [1.807, 2.05) is 0 Å². The SMILES string of the molecule is COC1CN(C)CCC1c1nc2cc([C@H]3CC[C@H](C)CN3C(=O)C(=O)Nc3cncc4cn[nH]c34)ccc2s1. The van der Waals surface area contributed by atoms with E-state index >= 15 is 0 Å². The van der Waals surface area contributed by atoms with E-state index in [4.69, 9.17) is 9.72 Å². The highest BCUT2D eigenvalue weighted by Crippen LogP contribution is 2.38. The average molecular weight is 548 g/mol. The molecule has 0 spiro atoms. The summed E-state index contributed by atoms with van der Waals surface area (Å²) in [6.07, 6.45) is 7.72.